The van der Waals surface area contributed by atoms with Gasteiger partial charge in [0.2, 0.25) is 11.8 Å². The van der Waals surface area contributed by atoms with Crippen LogP contribution in [0.5, 0.6) is 0 Å². The first-order chi connectivity index (χ1) is 22.1. The van der Waals surface area contributed by atoms with Gasteiger partial charge in [0.1, 0.15) is 12.6 Å². The highest BCUT2D eigenvalue weighted by Crippen LogP contribution is 2.28. The number of sulfonamides is 1. The van der Waals surface area contributed by atoms with Gasteiger partial charge < -0.3 is 10.2 Å². The van der Waals surface area contributed by atoms with Gasteiger partial charge in [0.25, 0.3) is 15.7 Å². The summed E-state index contributed by atoms with van der Waals surface area (Å²) in [6.07, 6.45) is 1.79. The van der Waals surface area contributed by atoms with Crippen LogP contribution in [0.15, 0.2) is 119 Å². The number of anilines is 1. The van der Waals surface area contributed by atoms with E-state index in [1.807, 2.05) is 61.5 Å². The number of nitrogens with one attached hydrogen (secondary N) is 1. The van der Waals surface area contributed by atoms with Crippen molar-refractivity contribution in [2.75, 3.05) is 17.4 Å². The van der Waals surface area contributed by atoms with E-state index in [2.05, 4.69) is 21.2 Å². The zero-order chi connectivity index (χ0) is 33.1. The number of halogens is 1. The number of carbonyl (C=O) groups excluding carboxylic acids is 2. The highest BCUT2D eigenvalue weighted by Gasteiger charge is 2.35. The summed E-state index contributed by atoms with van der Waals surface area (Å²) in [5.41, 5.74) is 1.15. The van der Waals surface area contributed by atoms with E-state index in [-0.39, 0.29) is 35.1 Å². The molecule has 4 rings (SSSR count). The summed E-state index contributed by atoms with van der Waals surface area (Å²) in [6, 6.07) is 28.3. The molecule has 0 unspecified atom stereocenters. The summed E-state index contributed by atoms with van der Waals surface area (Å²) in [7, 11) is -4.37. The number of non-ortho nitro benzene ring substituents is 1. The van der Waals surface area contributed by atoms with Crippen molar-refractivity contribution in [3.63, 3.8) is 0 Å². The van der Waals surface area contributed by atoms with Crippen molar-refractivity contribution >= 4 is 49.1 Å². The van der Waals surface area contributed by atoms with E-state index < -0.39 is 33.4 Å². The van der Waals surface area contributed by atoms with Crippen LogP contribution < -0.4 is 9.62 Å². The molecule has 0 fully saturated rings. The van der Waals surface area contributed by atoms with E-state index >= 15 is 0 Å². The van der Waals surface area contributed by atoms with Crippen molar-refractivity contribution in [3.05, 3.63) is 135 Å². The van der Waals surface area contributed by atoms with Gasteiger partial charge in [0, 0.05) is 36.1 Å². The van der Waals surface area contributed by atoms with Gasteiger partial charge in [-0.3, -0.25) is 24.0 Å². The van der Waals surface area contributed by atoms with Gasteiger partial charge in [0.15, 0.2) is 0 Å². The third kappa shape index (κ3) is 9.01. The predicted molar refractivity (Wildman–Crippen MR) is 181 cm³/mol. The van der Waals surface area contributed by atoms with Crippen molar-refractivity contribution < 1.29 is 22.9 Å². The molecule has 46 heavy (non-hydrogen) atoms. The van der Waals surface area contributed by atoms with E-state index in [1.54, 1.807) is 18.2 Å². The molecular weight excluding hydrogens is 672 g/mol. The first-order valence-corrected chi connectivity index (χ1v) is 17.0. The Balaban J connectivity index is 1.81. The van der Waals surface area contributed by atoms with Gasteiger partial charge in [-0.05, 0) is 47.9 Å². The Morgan fingerprint density at radius 3 is 2.20 bits per heavy atom. The minimum Gasteiger partial charge on any atom is -0.354 e. The van der Waals surface area contributed by atoms with Crippen LogP contribution in [0.1, 0.15) is 30.9 Å². The fourth-order valence-electron chi connectivity index (χ4n) is 4.90. The van der Waals surface area contributed by atoms with E-state index in [0.717, 1.165) is 38.8 Å². The average molecular weight is 708 g/mol. The van der Waals surface area contributed by atoms with Gasteiger partial charge >= 0.3 is 0 Å². The first-order valence-electron chi connectivity index (χ1n) is 14.8. The number of amides is 2. The largest absolute Gasteiger partial charge is 0.354 e. The molecule has 4 aromatic rings. The summed E-state index contributed by atoms with van der Waals surface area (Å²) in [5.74, 6) is -1.02. The monoisotopic (exact) mass is 706 g/mol. The fourth-order valence-corrected chi connectivity index (χ4v) is 6.78. The van der Waals surface area contributed by atoms with E-state index in [4.69, 9.17) is 0 Å². The zero-order valence-corrected chi connectivity index (χ0v) is 27.7. The van der Waals surface area contributed by atoms with Crippen LogP contribution in [0.4, 0.5) is 11.4 Å². The summed E-state index contributed by atoms with van der Waals surface area (Å²) >= 11 is 3.47. The lowest BCUT2D eigenvalue weighted by Crippen LogP contribution is -2.53. The van der Waals surface area contributed by atoms with Gasteiger partial charge in [-0.1, -0.05) is 96.0 Å². The molecule has 1 N–H and O–H groups in total. The average Bonchev–Trinajstić information content (AvgIpc) is 3.06. The molecule has 10 nitrogen and oxygen atoms in total. The van der Waals surface area contributed by atoms with Crippen LogP contribution in [0, 0.1) is 10.1 Å². The van der Waals surface area contributed by atoms with E-state index in [9.17, 15) is 28.1 Å². The lowest BCUT2D eigenvalue weighted by molar-refractivity contribution is -0.384. The number of nitro benzene ring substituents is 1. The lowest BCUT2D eigenvalue weighted by Gasteiger charge is -2.34. The Hall–Kier alpha value is -4.55. The maximum absolute atomic E-state index is 14.5. The molecule has 4 aromatic carbocycles. The third-order valence-electron chi connectivity index (χ3n) is 7.28. The SMILES string of the molecule is CCCCNC(=O)[C@H](Cc1ccccc1)N(Cc1cccc(Br)c1)C(=O)CN(c1cccc([N+](=O)[O-])c1)S(=O)(=O)c1ccccc1. The number of carbonyl (C=O) groups is 2. The number of benzene rings is 4. The van der Waals surface area contributed by atoms with E-state index in [0.29, 0.717) is 6.54 Å². The molecule has 240 valence electrons. The predicted octanol–water partition coefficient (Wildman–Crippen LogP) is 6.11. The highest BCUT2D eigenvalue weighted by atomic mass is 79.9. The van der Waals surface area contributed by atoms with Crippen LogP contribution in [-0.2, 0) is 32.6 Å². The second kappa shape index (κ2) is 16.1. The quantitative estimate of drug-likeness (QED) is 0.0902. The standard InChI is InChI=1S/C34H35BrN4O6S/c1-2-3-20-36-34(41)32(22-26-12-6-4-7-13-26)37(24-27-14-10-15-28(35)21-27)33(40)25-38(29-16-11-17-30(23-29)39(42)43)46(44,45)31-18-8-5-9-19-31/h4-19,21,23,32H,2-3,20,22,24-25H2,1H3,(H,36,41)/t32-/m0/s1. The Bertz CT molecular complexity index is 1760. The first kappa shape index (κ1) is 34.3. The molecule has 1 atom stereocenters. The zero-order valence-electron chi connectivity index (χ0n) is 25.3. The fraction of sp³-hybridized carbons (Fsp3) is 0.235. The molecule has 0 aliphatic rings. The molecule has 0 aliphatic heterocycles. The number of nitrogens with zero attached hydrogens (tertiary/aromatic N) is 3. The van der Waals surface area contributed by atoms with Crippen LogP contribution in [0.25, 0.3) is 0 Å². The summed E-state index contributed by atoms with van der Waals surface area (Å²) in [4.78, 5) is 40.6. The van der Waals surface area contributed by atoms with Crippen molar-refractivity contribution in [1.29, 1.82) is 0 Å². The van der Waals surface area contributed by atoms with Gasteiger partial charge in [-0.2, -0.15) is 0 Å². The number of hydrogen-bond donors (Lipinski definition) is 1. The molecular formula is C34H35BrN4O6S. The molecule has 0 radical (unpaired) electrons. The smallest absolute Gasteiger partial charge is 0.271 e. The number of nitro groups is 1. The molecule has 0 aliphatic carbocycles. The Labute approximate surface area is 277 Å². The number of unbranched alkanes of at least 4 members (excludes halogenated alkanes) is 1. The Kier molecular flexibility index (Phi) is 12.0. The molecule has 0 heterocycles. The maximum atomic E-state index is 14.5. The van der Waals surface area contributed by atoms with Gasteiger partial charge in [-0.25, -0.2) is 8.42 Å². The molecule has 0 saturated carbocycles. The second-order valence-electron chi connectivity index (χ2n) is 10.6. The topological polar surface area (TPSA) is 130 Å². The summed E-state index contributed by atoms with van der Waals surface area (Å²) in [5, 5.41) is 14.6. The molecule has 0 bridgehead atoms. The van der Waals surface area contributed by atoms with Crippen molar-refractivity contribution in [2.24, 2.45) is 0 Å². The molecule has 0 spiro atoms. The number of rotatable bonds is 15. The Morgan fingerprint density at radius 1 is 0.891 bits per heavy atom. The molecule has 2 amide bonds. The minimum absolute atomic E-state index is 0.00509. The van der Waals surface area contributed by atoms with Gasteiger partial charge in [-0.15, -0.1) is 0 Å². The van der Waals surface area contributed by atoms with Crippen molar-refractivity contribution in [1.82, 2.24) is 10.2 Å². The highest BCUT2D eigenvalue weighted by molar-refractivity contribution is 9.10. The summed E-state index contributed by atoms with van der Waals surface area (Å²) in [6.45, 7) is 1.72. The number of hydrogen-bond acceptors (Lipinski definition) is 6. The normalized spacial score (nSPS) is 11.8. The third-order valence-corrected chi connectivity index (χ3v) is 9.56. The summed E-state index contributed by atoms with van der Waals surface area (Å²) < 4.78 is 29.7. The van der Waals surface area contributed by atoms with Gasteiger partial charge in [0.05, 0.1) is 15.5 Å². The van der Waals surface area contributed by atoms with Crippen LogP contribution in [0.2, 0.25) is 0 Å². The molecule has 12 heteroatoms. The minimum atomic E-state index is -4.37. The van der Waals surface area contributed by atoms with Crippen LogP contribution in [-0.4, -0.2) is 49.2 Å². The maximum Gasteiger partial charge on any atom is 0.271 e. The van der Waals surface area contributed by atoms with Crippen molar-refractivity contribution in [2.45, 2.75) is 43.7 Å². The Morgan fingerprint density at radius 2 is 1.54 bits per heavy atom. The van der Waals surface area contributed by atoms with Crippen LogP contribution >= 0.6 is 15.9 Å². The van der Waals surface area contributed by atoms with Crippen LogP contribution in [0.3, 0.4) is 0 Å². The van der Waals surface area contributed by atoms with E-state index in [1.165, 1.54) is 35.2 Å². The second-order valence-corrected chi connectivity index (χ2v) is 13.4. The van der Waals surface area contributed by atoms with Crippen molar-refractivity contribution in [3.8, 4) is 0 Å². The molecule has 0 saturated heterocycles. The molecule has 0 aromatic heterocycles. The lowest BCUT2D eigenvalue weighted by atomic mass is 10.0.